The average molecular weight is 247 g/mol. The van der Waals surface area contributed by atoms with Crippen LogP contribution >= 0.6 is 0 Å². The molecule has 18 heavy (non-hydrogen) atoms. The maximum atomic E-state index is 13.7. The summed E-state index contributed by atoms with van der Waals surface area (Å²) in [4.78, 5) is 11.7. The third-order valence-electron chi connectivity index (χ3n) is 2.55. The number of nitrogens with zero attached hydrogens (tertiary/aromatic N) is 1. The van der Waals surface area contributed by atoms with Crippen LogP contribution in [-0.2, 0) is 0 Å². The van der Waals surface area contributed by atoms with Crippen molar-refractivity contribution in [2.45, 2.75) is 13.8 Å². The number of hydrogen-bond acceptors (Lipinski definition) is 2. The topological polar surface area (TPSA) is 31.2 Å². The Kier molecular flexibility index (Phi) is 3.46. The quantitative estimate of drug-likeness (QED) is 0.835. The molecule has 0 bridgehead atoms. The van der Waals surface area contributed by atoms with Crippen molar-refractivity contribution in [2.24, 2.45) is 0 Å². The van der Waals surface area contributed by atoms with E-state index in [9.17, 15) is 9.18 Å². The van der Waals surface area contributed by atoms with Crippen LogP contribution in [0.3, 0.4) is 0 Å². The molecule has 0 radical (unpaired) electrons. The molecule has 0 saturated heterocycles. The van der Waals surface area contributed by atoms with Crippen LogP contribution in [-0.4, -0.2) is 11.2 Å². The van der Waals surface area contributed by atoms with Gasteiger partial charge in [0, 0.05) is 18.3 Å². The lowest BCUT2D eigenvalue weighted by Gasteiger charge is -2.09. The van der Waals surface area contributed by atoms with E-state index in [1.165, 1.54) is 22.8 Å². The maximum Gasteiger partial charge on any atom is 0.255 e. The van der Waals surface area contributed by atoms with Crippen LogP contribution in [0.4, 0.5) is 4.39 Å². The van der Waals surface area contributed by atoms with Gasteiger partial charge in [-0.3, -0.25) is 9.36 Å². The summed E-state index contributed by atoms with van der Waals surface area (Å²) in [6.45, 7) is 4.07. The van der Waals surface area contributed by atoms with Gasteiger partial charge in [-0.05, 0) is 31.5 Å². The summed E-state index contributed by atoms with van der Waals surface area (Å²) in [5.41, 5.74) is 1.23. The summed E-state index contributed by atoms with van der Waals surface area (Å²) in [7, 11) is 0. The largest absolute Gasteiger partial charge is 0.491 e. The molecule has 2 aromatic rings. The maximum absolute atomic E-state index is 13.7. The summed E-state index contributed by atoms with van der Waals surface area (Å²) in [6.07, 6.45) is 1.68. The van der Waals surface area contributed by atoms with Crippen LogP contribution in [0.25, 0.3) is 5.69 Å². The second kappa shape index (κ2) is 5.04. The second-order valence-electron chi connectivity index (χ2n) is 3.96. The van der Waals surface area contributed by atoms with Crippen LogP contribution < -0.4 is 10.3 Å². The highest BCUT2D eigenvalue weighted by molar-refractivity contribution is 5.39. The first-order chi connectivity index (χ1) is 8.61. The van der Waals surface area contributed by atoms with E-state index in [0.29, 0.717) is 12.3 Å². The van der Waals surface area contributed by atoms with Crippen LogP contribution in [0.5, 0.6) is 5.75 Å². The molecule has 0 atom stereocenters. The molecule has 0 fully saturated rings. The number of hydrogen-bond donors (Lipinski definition) is 0. The highest BCUT2D eigenvalue weighted by Crippen LogP contribution is 2.19. The first-order valence-electron chi connectivity index (χ1n) is 5.74. The second-order valence-corrected chi connectivity index (χ2v) is 3.96. The van der Waals surface area contributed by atoms with Crippen molar-refractivity contribution in [1.82, 2.24) is 4.57 Å². The average Bonchev–Trinajstić information content (AvgIpc) is 2.35. The number of aryl methyl sites for hydroxylation is 1. The van der Waals surface area contributed by atoms with E-state index in [4.69, 9.17) is 4.74 Å². The van der Waals surface area contributed by atoms with E-state index < -0.39 is 5.82 Å². The van der Waals surface area contributed by atoms with E-state index in [-0.39, 0.29) is 11.3 Å². The molecular formula is C14H14FNO2. The Morgan fingerprint density at radius 3 is 2.72 bits per heavy atom. The zero-order valence-corrected chi connectivity index (χ0v) is 10.3. The predicted octanol–water partition coefficient (Wildman–Crippen LogP) is 2.68. The predicted molar refractivity (Wildman–Crippen MR) is 67.9 cm³/mol. The Morgan fingerprint density at radius 1 is 1.28 bits per heavy atom. The molecule has 0 spiro atoms. The molecule has 0 aliphatic carbocycles. The SMILES string of the molecule is CCOc1ccc(-n2cc(C)ccc2=O)cc1F. The summed E-state index contributed by atoms with van der Waals surface area (Å²) >= 11 is 0. The Morgan fingerprint density at radius 2 is 2.06 bits per heavy atom. The molecule has 1 heterocycles. The molecule has 3 nitrogen and oxygen atoms in total. The van der Waals surface area contributed by atoms with Crippen molar-refractivity contribution in [3.05, 3.63) is 58.3 Å². The smallest absolute Gasteiger partial charge is 0.255 e. The lowest BCUT2D eigenvalue weighted by atomic mass is 10.2. The zero-order chi connectivity index (χ0) is 13.1. The molecule has 2 rings (SSSR count). The summed E-state index contributed by atoms with van der Waals surface area (Å²) in [6, 6.07) is 7.68. The fraction of sp³-hybridized carbons (Fsp3) is 0.214. The molecule has 4 heteroatoms. The highest BCUT2D eigenvalue weighted by Gasteiger charge is 2.06. The molecular weight excluding hydrogens is 233 g/mol. The van der Waals surface area contributed by atoms with Crippen molar-refractivity contribution in [1.29, 1.82) is 0 Å². The fourth-order valence-corrected chi connectivity index (χ4v) is 1.71. The van der Waals surface area contributed by atoms with Gasteiger partial charge in [0.05, 0.1) is 12.3 Å². The van der Waals surface area contributed by atoms with Gasteiger partial charge in [-0.1, -0.05) is 6.07 Å². The monoisotopic (exact) mass is 247 g/mol. The lowest BCUT2D eigenvalue weighted by Crippen LogP contribution is -2.16. The Hall–Kier alpha value is -2.10. The van der Waals surface area contributed by atoms with E-state index in [1.54, 1.807) is 25.3 Å². The summed E-state index contributed by atoms with van der Waals surface area (Å²) in [5, 5.41) is 0. The summed E-state index contributed by atoms with van der Waals surface area (Å²) < 4.78 is 20.2. The molecule has 0 amide bonds. The van der Waals surface area contributed by atoms with Crippen LogP contribution in [0.2, 0.25) is 0 Å². The van der Waals surface area contributed by atoms with Crippen molar-refractivity contribution >= 4 is 0 Å². The first kappa shape index (κ1) is 12.4. The van der Waals surface area contributed by atoms with Gasteiger partial charge in [0.15, 0.2) is 11.6 Å². The van der Waals surface area contributed by atoms with Gasteiger partial charge < -0.3 is 4.74 Å². The zero-order valence-electron chi connectivity index (χ0n) is 10.3. The Balaban J connectivity index is 2.48. The van der Waals surface area contributed by atoms with Crippen molar-refractivity contribution < 1.29 is 9.13 Å². The normalized spacial score (nSPS) is 10.4. The Bertz CT molecular complexity index is 619. The standard InChI is InChI=1S/C14H14FNO2/c1-3-18-13-6-5-11(8-12(13)15)16-9-10(2)4-7-14(16)17/h4-9H,3H2,1-2H3. The molecule has 0 aliphatic rings. The van der Waals surface area contributed by atoms with Gasteiger partial charge in [0.25, 0.3) is 5.56 Å². The van der Waals surface area contributed by atoms with Gasteiger partial charge >= 0.3 is 0 Å². The van der Waals surface area contributed by atoms with Crippen molar-refractivity contribution in [3.8, 4) is 11.4 Å². The molecule has 0 saturated carbocycles. The molecule has 1 aromatic carbocycles. The van der Waals surface area contributed by atoms with Gasteiger partial charge in [0.2, 0.25) is 0 Å². The third-order valence-corrected chi connectivity index (χ3v) is 2.55. The highest BCUT2D eigenvalue weighted by atomic mass is 19.1. The van der Waals surface area contributed by atoms with Crippen LogP contribution in [0.1, 0.15) is 12.5 Å². The van der Waals surface area contributed by atoms with Crippen LogP contribution in [0, 0.1) is 12.7 Å². The number of aromatic nitrogens is 1. The van der Waals surface area contributed by atoms with Gasteiger partial charge in [-0.2, -0.15) is 0 Å². The van der Waals surface area contributed by atoms with Crippen molar-refractivity contribution in [3.63, 3.8) is 0 Å². The molecule has 94 valence electrons. The number of ether oxygens (including phenoxy) is 1. The minimum absolute atomic E-state index is 0.191. The van der Waals surface area contributed by atoms with E-state index in [0.717, 1.165) is 5.56 Å². The minimum atomic E-state index is -0.470. The molecule has 1 aromatic heterocycles. The molecule has 0 N–H and O–H groups in total. The molecule has 0 unspecified atom stereocenters. The Labute approximate surface area is 104 Å². The lowest BCUT2D eigenvalue weighted by molar-refractivity contribution is 0.321. The van der Waals surface area contributed by atoms with E-state index in [2.05, 4.69) is 0 Å². The van der Waals surface area contributed by atoms with E-state index in [1.807, 2.05) is 6.92 Å². The number of benzene rings is 1. The number of rotatable bonds is 3. The number of halogens is 1. The van der Waals surface area contributed by atoms with Gasteiger partial charge in [-0.15, -0.1) is 0 Å². The van der Waals surface area contributed by atoms with Crippen molar-refractivity contribution in [2.75, 3.05) is 6.61 Å². The van der Waals surface area contributed by atoms with Gasteiger partial charge in [0.1, 0.15) is 0 Å². The first-order valence-corrected chi connectivity index (χ1v) is 5.74. The van der Waals surface area contributed by atoms with Crippen LogP contribution in [0.15, 0.2) is 41.3 Å². The van der Waals surface area contributed by atoms with Gasteiger partial charge in [-0.25, -0.2) is 4.39 Å². The minimum Gasteiger partial charge on any atom is -0.491 e. The number of pyridine rings is 1. The third kappa shape index (κ3) is 2.42. The molecule has 0 aliphatic heterocycles. The fourth-order valence-electron chi connectivity index (χ4n) is 1.71. The summed E-state index contributed by atoms with van der Waals surface area (Å²) in [5.74, 6) is -0.273. The van der Waals surface area contributed by atoms with E-state index >= 15 is 0 Å².